The van der Waals surface area contributed by atoms with Crippen LogP contribution in [0.1, 0.15) is 41.0 Å². The first-order valence-electron chi connectivity index (χ1n) is 13.0. The number of carbonyl (C=O) groups is 2. The molecule has 2 aliphatic heterocycles. The van der Waals surface area contributed by atoms with Crippen LogP contribution in [-0.2, 0) is 15.1 Å². The van der Waals surface area contributed by atoms with Gasteiger partial charge in [-0.15, -0.1) is 16.9 Å². The van der Waals surface area contributed by atoms with Gasteiger partial charge in [0, 0.05) is 41.4 Å². The van der Waals surface area contributed by atoms with Gasteiger partial charge < -0.3 is 32.6 Å². The number of amides is 1. The number of anilines is 1. The number of nitrogens with one attached hydrogen (secondary N) is 2. The minimum atomic E-state index is -1.51. The predicted octanol–water partition coefficient (Wildman–Crippen LogP) is 1.70. The van der Waals surface area contributed by atoms with E-state index in [1.807, 2.05) is 13.0 Å². The number of thioether (sulfide) groups is 1. The molecule has 6 rings (SSSR count). The van der Waals surface area contributed by atoms with Crippen molar-refractivity contribution in [2.75, 3.05) is 18.8 Å². The first kappa shape index (κ1) is 25.8. The quantitative estimate of drug-likeness (QED) is 0.297. The Morgan fingerprint density at radius 2 is 2.05 bits per heavy atom. The number of piperidine rings is 1. The van der Waals surface area contributed by atoms with Gasteiger partial charge >= 0.3 is 0 Å². The molecule has 11 heteroatoms. The standard InChI is InChI=1S/C28H31N7O3S/c1-14-12-16(38-20-5-3-11-33-35-20)6-7-17(14)28(31)18-8-9-19(29)24-21(18)22(23(30)26(28)36)25(39-24)27(37)34-15-4-2-10-32-13-15/h3,5-9,11-12,15,22-23,25,32H,2,4,10,13,29-31H2,1H3,(H,34,37). The van der Waals surface area contributed by atoms with E-state index in [2.05, 4.69) is 20.8 Å². The third kappa shape index (κ3) is 4.26. The van der Waals surface area contributed by atoms with Crippen LogP contribution in [0.25, 0.3) is 0 Å². The Labute approximate surface area is 230 Å². The molecule has 1 saturated heterocycles. The van der Waals surface area contributed by atoms with Crippen LogP contribution in [0.5, 0.6) is 11.6 Å². The number of ether oxygens (including phenoxy) is 1. The Morgan fingerprint density at radius 3 is 2.77 bits per heavy atom. The highest BCUT2D eigenvalue weighted by atomic mass is 32.2. The van der Waals surface area contributed by atoms with Gasteiger partial charge in [0.1, 0.15) is 11.3 Å². The molecule has 1 fully saturated rings. The second kappa shape index (κ2) is 9.91. The van der Waals surface area contributed by atoms with Gasteiger partial charge in [0.25, 0.3) is 0 Å². The summed E-state index contributed by atoms with van der Waals surface area (Å²) in [5.41, 5.74) is 22.0. The number of carbonyl (C=O) groups excluding carboxylic acids is 2. The van der Waals surface area contributed by atoms with Crippen molar-refractivity contribution in [2.24, 2.45) is 11.5 Å². The summed E-state index contributed by atoms with van der Waals surface area (Å²) in [5.74, 6) is -0.0928. The number of nitrogens with two attached hydrogens (primary N) is 3. The van der Waals surface area contributed by atoms with E-state index < -0.39 is 22.7 Å². The maximum absolute atomic E-state index is 14.1. The zero-order chi connectivity index (χ0) is 27.3. The molecule has 1 amide bonds. The number of ketones is 1. The minimum absolute atomic E-state index is 0.0433. The largest absolute Gasteiger partial charge is 0.438 e. The second-order valence-corrected chi connectivity index (χ2v) is 11.6. The number of Topliss-reactive ketones (excluding diaryl/α,β-unsaturated/α-hetero) is 1. The minimum Gasteiger partial charge on any atom is -0.438 e. The zero-order valence-electron chi connectivity index (χ0n) is 21.5. The van der Waals surface area contributed by atoms with Crippen molar-refractivity contribution in [3.63, 3.8) is 0 Å². The molecule has 0 saturated carbocycles. The average Bonchev–Trinajstić information content (AvgIpc) is 3.35. The highest BCUT2D eigenvalue weighted by molar-refractivity contribution is 8.01. The van der Waals surface area contributed by atoms with Crippen LogP contribution in [0, 0.1) is 6.92 Å². The fourth-order valence-electron chi connectivity index (χ4n) is 6.06. The summed E-state index contributed by atoms with van der Waals surface area (Å²) in [6, 6.07) is 11.4. The van der Waals surface area contributed by atoms with Crippen LogP contribution in [0.2, 0.25) is 0 Å². The lowest BCUT2D eigenvalue weighted by atomic mass is 9.64. The Bertz CT molecular complexity index is 1450. The number of nitrogen functional groups attached to an aromatic ring is 1. The Hall–Kier alpha value is -3.51. The molecular formula is C28H31N7O3S. The van der Waals surface area contributed by atoms with Crippen LogP contribution in [-0.4, -0.2) is 52.3 Å². The molecule has 5 unspecified atom stereocenters. The molecule has 0 spiro atoms. The van der Waals surface area contributed by atoms with E-state index in [0.717, 1.165) is 42.0 Å². The first-order valence-corrected chi connectivity index (χ1v) is 13.9. The fourth-order valence-corrected chi connectivity index (χ4v) is 7.52. The number of hydrogen-bond acceptors (Lipinski definition) is 10. The van der Waals surface area contributed by atoms with Gasteiger partial charge in [-0.1, -0.05) is 12.1 Å². The van der Waals surface area contributed by atoms with E-state index in [1.165, 1.54) is 11.8 Å². The highest BCUT2D eigenvalue weighted by Crippen LogP contribution is 2.56. The van der Waals surface area contributed by atoms with E-state index in [-0.39, 0.29) is 17.7 Å². The van der Waals surface area contributed by atoms with E-state index >= 15 is 0 Å². The molecule has 2 aromatic carbocycles. The topological polar surface area (TPSA) is 171 Å². The fraction of sp³-hybridized carbons (Fsp3) is 0.357. The monoisotopic (exact) mass is 545 g/mol. The van der Waals surface area contributed by atoms with Crippen LogP contribution in [0.4, 0.5) is 5.69 Å². The smallest absolute Gasteiger partial charge is 0.238 e. The molecule has 3 aromatic rings. The van der Waals surface area contributed by atoms with E-state index in [1.54, 1.807) is 42.6 Å². The third-order valence-electron chi connectivity index (χ3n) is 7.93. The summed E-state index contributed by atoms with van der Waals surface area (Å²) in [7, 11) is 0. The van der Waals surface area contributed by atoms with Crippen LogP contribution in [0.15, 0.2) is 53.6 Å². The summed E-state index contributed by atoms with van der Waals surface area (Å²) in [6.07, 6.45) is 3.47. The summed E-state index contributed by atoms with van der Waals surface area (Å²) in [6.45, 7) is 3.54. The van der Waals surface area contributed by atoms with Crippen molar-refractivity contribution in [3.8, 4) is 11.6 Å². The van der Waals surface area contributed by atoms with Crippen LogP contribution < -0.4 is 32.6 Å². The van der Waals surface area contributed by atoms with Crippen molar-refractivity contribution in [3.05, 3.63) is 70.9 Å². The van der Waals surface area contributed by atoms with Crippen molar-refractivity contribution in [1.82, 2.24) is 20.8 Å². The normalized spacial score (nSPS) is 27.6. The second-order valence-electron chi connectivity index (χ2n) is 10.4. The van der Waals surface area contributed by atoms with Crippen molar-refractivity contribution < 1.29 is 14.3 Å². The molecule has 0 radical (unpaired) electrons. The summed E-state index contributed by atoms with van der Waals surface area (Å²) >= 11 is 1.38. The van der Waals surface area contributed by atoms with Gasteiger partial charge in [-0.2, -0.15) is 5.10 Å². The molecule has 1 aliphatic carbocycles. The number of nitrogens with zero attached hydrogens (tertiary/aromatic N) is 2. The molecule has 5 atom stereocenters. The molecule has 3 heterocycles. The van der Waals surface area contributed by atoms with Gasteiger partial charge in [-0.25, -0.2) is 0 Å². The molecule has 8 N–H and O–H groups in total. The van der Waals surface area contributed by atoms with Gasteiger partial charge in [-0.05, 0) is 72.8 Å². The molecule has 3 aliphatic rings. The maximum atomic E-state index is 14.1. The van der Waals surface area contributed by atoms with Gasteiger partial charge in [0.05, 0.1) is 11.3 Å². The van der Waals surface area contributed by atoms with Crippen molar-refractivity contribution in [1.29, 1.82) is 0 Å². The Kier molecular flexibility index (Phi) is 6.54. The number of rotatable bonds is 5. The predicted molar refractivity (Wildman–Crippen MR) is 149 cm³/mol. The summed E-state index contributed by atoms with van der Waals surface area (Å²) in [4.78, 5) is 28.4. The van der Waals surface area contributed by atoms with E-state index in [9.17, 15) is 9.59 Å². The number of aromatic nitrogens is 2. The molecule has 202 valence electrons. The van der Waals surface area contributed by atoms with Crippen molar-refractivity contribution in [2.45, 2.75) is 53.5 Å². The SMILES string of the molecule is Cc1cc(Oc2cccnn2)ccc1C1(N)C(=O)C(N)C2c3c1ccc(N)c3SC2C(=O)NC1CCCNC1. The highest BCUT2D eigenvalue weighted by Gasteiger charge is 2.57. The average molecular weight is 546 g/mol. The third-order valence-corrected chi connectivity index (χ3v) is 9.38. The number of hydrogen-bond donors (Lipinski definition) is 5. The summed E-state index contributed by atoms with van der Waals surface area (Å²) in [5, 5.41) is 13.7. The van der Waals surface area contributed by atoms with Crippen LogP contribution >= 0.6 is 11.8 Å². The Morgan fingerprint density at radius 1 is 1.23 bits per heavy atom. The van der Waals surface area contributed by atoms with Crippen LogP contribution in [0.3, 0.4) is 0 Å². The first-order chi connectivity index (χ1) is 18.8. The van der Waals surface area contributed by atoms with E-state index in [0.29, 0.717) is 28.4 Å². The zero-order valence-corrected chi connectivity index (χ0v) is 22.3. The maximum Gasteiger partial charge on any atom is 0.238 e. The molecule has 1 aromatic heterocycles. The van der Waals surface area contributed by atoms with Gasteiger partial charge in [-0.3, -0.25) is 9.59 Å². The lowest BCUT2D eigenvalue weighted by Gasteiger charge is -2.42. The van der Waals surface area contributed by atoms with Crippen molar-refractivity contribution >= 4 is 29.1 Å². The van der Waals surface area contributed by atoms with E-state index in [4.69, 9.17) is 21.9 Å². The van der Waals surface area contributed by atoms with Gasteiger partial charge in [0.2, 0.25) is 11.8 Å². The lowest BCUT2D eigenvalue weighted by Crippen LogP contribution is -2.61. The number of benzene rings is 2. The molecule has 39 heavy (non-hydrogen) atoms. The number of aryl methyl sites for hydroxylation is 1. The molecular weight excluding hydrogens is 514 g/mol. The lowest BCUT2D eigenvalue weighted by molar-refractivity contribution is -0.126. The molecule has 0 bridgehead atoms. The summed E-state index contributed by atoms with van der Waals surface area (Å²) < 4.78 is 5.82. The Balaban J connectivity index is 1.37. The van der Waals surface area contributed by atoms with Gasteiger partial charge in [0.15, 0.2) is 5.78 Å². The molecule has 10 nitrogen and oxygen atoms in total.